The Hall–Kier alpha value is -1.61. The van der Waals surface area contributed by atoms with Gasteiger partial charge in [0.05, 0.1) is 10.6 Å². The van der Waals surface area contributed by atoms with E-state index in [9.17, 15) is 17.6 Å². The van der Waals surface area contributed by atoms with Crippen LogP contribution in [0.2, 0.25) is 5.02 Å². The number of carbonyl (C=O) groups is 1. The Labute approximate surface area is 174 Å². The Morgan fingerprint density at radius 3 is 2.54 bits per heavy atom. The fourth-order valence-electron chi connectivity index (χ4n) is 2.42. The average Bonchev–Trinajstić information content (AvgIpc) is 2.61. The van der Waals surface area contributed by atoms with E-state index in [1.807, 2.05) is 6.92 Å². The first kappa shape index (κ1) is 22.7. The van der Waals surface area contributed by atoms with Crippen molar-refractivity contribution in [1.82, 2.24) is 4.31 Å². The molecule has 5 nitrogen and oxygen atoms in total. The standard InChI is InChI=1S/C19H22ClFN2O3S2/c1-12-8-14(28(25,26)23(3)4)9-18(13(12)2)22-19(24)11-27-10-15-16(20)6-5-7-17(15)21/h5-9H,10-11H2,1-4H3,(H,22,24). The van der Waals surface area contributed by atoms with Crippen molar-refractivity contribution >= 4 is 45.0 Å². The molecule has 0 aromatic heterocycles. The molecular formula is C19H22ClFN2O3S2. The van der Waals surface area contributed by atoms with Gasteiger partial charge in [0.2, 0.25) is 15.9 Å². The number of halogens is 2. The first-order valence-electron chi connectivity index (χ1n) is 8.38. The number of nitrogens with zero attached hydrogens (tertiary/aromatic N) is 1. The van der Waals surface area contributed by atoms with Gasteiger partial charge in [0.25, 0.3) is 0 Å². The van der Waals surface area contributed by atoms with Crippen LogP contribution in [0.3, 0.4) is 0 Å². The van der Waals surface area contributed by atoms with Crippen molar-refractivity contribution in [2.75, 3.05) is 25.2 Å². The molecule has 0 heterocycles. The predicted molar refractivity (Wildman–Crippen MR) is 113 cm³/mol. The highest BCUT2D eigenvalue weighted by Crippen LogP contribution is 2.27. The maximum atomic E-state index is 13.8. The molecule has 2 aromatic carbocycles. The zero-order valence-corrected chi connectivity index (χ0v) is 18.4. The molecule has 0 spiro atoms. The van der Waals surface area contributed by atoms with Crippen LogP contribution in [-0.4, -0.2) is 38.5 Å². The minimum atomic E-state index is -3.62. The van der Waals surface area contributed by atoms with Crippen LogP contribution in [0.4, 0.5) is 10.1 Å². The number of sulfonamides is 1. The van der Waals surface area contributed by atoms with Crippen LogP contribution in [0.5, 0.6) is 0 Å². The normalized spacial score (nSPS) is 11.7. The van der Waals surface area contributed by atoms with Crippen LogP contribution in [0.1, 0.15) is 16.7 Å². The summed E-state index contributed by atoms with van der Waals surface area (Å²) in [5.74, 6) is -0.382. The number of thioether (sulfide) groups is 1. The molecule has 1 amide bonds. The minimum Gasteiger partial charge on any atom is -0.325 e. The third-order valence-electron chi connectivity index (χ3n) is 4.23. The van der Waals surface area contributed by atoms with Gasteiger partial charge in [-0.2, -0.15) is 0 Å². The molecule has 0 radical (unpaired) electrons. The number of rotatable bonds is 7. The summed E-state index contributed by atoms with van der Waals surface area (Å²) in [7, 11) is -0.713. The molecule has 0 saturated carbocycles. The smallest absolute Gasteiger partial charge is 0.242 e. The Morgan fingerprint density at radius 2 is 1.93 bits per heavy atom. The number of nitrogens with one attached hydrogen (secondary N) is 1. The highest BCUT2D eigenvalue weighted by molar-refractivity contribution is 7.99. The highest BCUT2D eigenvalue weighted by Gasteiger charge is 2.20. The first-order valence-corrected chi connectivity index (χ1v) is 11.4. The molecule has 0 bridgehead atoms. The van der Waals surface area contributed by atoms with E-state index in [1.54, 1.807) is 19.1 Å². The second kappa shape index (κ2) is 9.26. The summed E-state index contributed by atoms with van der Waals surface area (Å²) in [5.41, 5.74) is 2.33. The summed E-state index contributed by atoms with van der Waals surface area (Å²) >= 11 is 7.21. The van der Waals surface area contributed by atoms with E-state index in [2.05, 4.69) is 5.32 Å². The van der Waals surface area contributed by atoms with Crippen molar-refractivity contribution in [2.45, 2.75) is 24.5 Å². The number of aryl methyl sites for hydroxylation is 1. The van der Waals surface area contributed by atoms with E-state index in [0.717, 1.165) is 15.4 Å². The van der Waals surface area contributed by atoms with Gasteiger partial charge in [0, 0.05) is 36.1 Å². The maximum absolute atomic E-state index is 13.8. The van der Waals surface area contributed by atoms with Gasteiger partial charge >= 0.3 is 0 Å². The van der Waals surface area contributed by atoms with Crippen LogP contribution >= 0.6 is 23.4 Å². The number of hydrogen-bond acceptors (Lipinski definition) is 4. The number of amides is 1. The lowest BCUT2D eigenvalue weighted by Crippen LogP contribution is -2.23. The van der Waals surface area contributed by atoms with Gasteiger partial charge in [-0.05, 0) is 49.2 Å². The summed E-state index contributed by atoms with van der Waals surface area (Å²) < 4.78 is 39.7. The van der Waals surface area contributed by atoms with Crippen molar-refractivity contribution < 1.29 is 17.6 Å². The van der Waals surface area contributed by atoms with Crippen molar-refractivity contribution in [3.63, 3.8) is 0 Å². The lowest BCUT2D eigenvalue weighted by Gasteiger charge is -2.16. The van der Waals surface area contributed by atoms with E-state index < -0.39 is 15.8 Å². The Morgan fingerprint density at radius 1 is 1.25 bits per heavy atom. The molecule has 0 atom stereocenters. The number of carbonyl (C=O) groups excluding carboxylic acids is 1. The molecule has 0 aliphatic heterocycles. The van der Waals surface area contributed by atoms with Gasteiger partial charge in [-0.3, -0.25) is 4.79 Å². The summed E-state index contributed by atoms with van der Waals surface area (Å²) in [6, 6.07) is 7.48. The minimum absolute atomic E-state index is 0.0772. The molecule has 9 heteroatoms. The molecule has 2 rings (SSSR count). The SMILES string of the molecule is Cc1cc(S(=O)(=O)N(C)C)cc(NC(=O)CSCc2c(F)cccc2Cl)c1C. The molecule has 2 aromatic rings. The molecule has 0 unspecified atom stereocenters. The largest absolute Gasteiger partial charge is 0.325 e. The van der Waals surface area contributed by atoms with Crippen molar-refractivity contribution in [3.8, 4) is 0 Å². The molecule has 0 saturated heterocycles. The van der Waals surface area contributed by atoms with Crippen molar-refractivity contribution in [2.24, 2.45) is 0 Å². The van der Waals surface area contributed by atoms with E-state index in [1.165, 1.54) is 44.1 Å². The van der Waals surface area contributed by atoms with Crippen LogP contribution in [-0.2, 0) is 20.6 Å². The molecule has 152 valence electrons. The third-order valence-corrected chi connectivity index (χ3v) is 7.34. The summed E-state index contributed by atoms with van der Waals surface area (Å²) in [4.78, 5) is 12.4. The molecule has 0 aliphatic carbocycles. The molecular weight excluding hydrogens is 423 g/mol. The lowest BCUT2D eigenvalue weighted by molar-refractivity contribution is -0.113. The molecule has 1 N–H and O–H groups in total. The first-order chi connectivity index (χ1) is 13.0. The lowest BCUT2D eigenvalue weighted by atomic mass is 10.1. The fraction of sp³-hybridized carbons (Fsp3) is 0.316. The molecule has 0 fully saturated rings. The summed E-state index contributed by atoms with van der Waals surface area (Å²) in [6.07, 6.45) is 0. The number of hydrogen-bond donors (Lipinski definition) is 1. The van der Waals surface area contributed by atoms with Crippen LogP contribution in [0.25, 0.3) is 0 Å². The average molecular weight is 445 g/mol. The van der Waals surface area contributed by atoms with Gasteiger partial charge in [-0.1, -0.05) is 17.7 Å². The van der Waals surface area contributed by atoms with Gasteiger partial charge in [0.15, 0.2) is 0 Å². The van der Waals surface area contributed by atoms with Gasteiger partial charge < -0.3 is 5.32 Å². The fourth-order valence-corrected chi connectivity index (χ4v) is 4.60. The molecule has 0 aliphatic rings. The van der Waals surface area contributed by atoms with E-state index in [0.29, 0.717) is 16.3 Å². The van der Waals surface area contributed by atoms with Crippen molar-refractivity contribution in [1.29, 1.82) is 0 Å². The Bertz CT molecular complexity index is 975. The monoisotopic (exact) mass is 444 g/mol. The summed E-state index contributed by atoms with van der Waals surface area (Å²) in [6.45, 7) is 3.60. The van der Waals surface area contributed by atoms with E-state index in [4.69, 9.17) is 11.6 Å². The summed E-state index contributed by atoms with van der Waals surface area (Å²) in [5, 5.41) is 3.07. The van der Waals surface area contributed by atoms with Gasteiger partial charge in [-0.25, -0.2) is 17.1 Å². The second-order valence-electron chi connectivity index (χ2n) is 6.44. The van der Waals surface area contributed by atoms with Crippen LogP contribution in [0.15, 0.2) is 35.2 Å². The Balaban J connectivity index is 2.10. The third kappa shape index (κ3) is 5.26. The quantitative estimate of drug-likeness (QED) is 0.694. The van der Waals surface area contributed by atoms with Gasteiger partial charge in [-0.15, -0.1) is 11.8 Å². The zero-order chi connectivity index (χ0) is 21.1. The van der Waals surface area contributed by atoms with Crippen molar-refractivity contribution in [3.05, 3.63) is 57.9 Å². The topological polar surface area (TPSA) is 66.5 Å². The maximum Gasteiger partial charge on any atom is 0.242 e. The van der Waals surface area contributed by atoms with E-state index in [-0.39, 0.29) is 22.3 Å². The number of anilines is 1. The highest BCUT2D eigenvalue weighted by atomic mass is 35.5. The van der Waals surface area contributed by atoms with Crippen LogP contribution < -0.4 is 5.32 Å². The predicted octanol–water partition coefficient (Wildman–Crippen LogP) is 4.22. The molecule has 28 heavy (non-hydrogen) atoms. The van der Waals surface area contributed by atoms with Gasteiger partial charge in [0.1, 0.15) is 5.82 Å². The second-order valence-corrected chi connectivity index (χ2v) is 9.99. The number of benzene rings is 2. The zero-order valence-electron chi connectivity index (χ0n) is 16.0. The van der Waals surface area contributed by atoms with Crippen LogP contribution in [0, 0.1) is 19.7 Å². The Kier molecular flexibility index (Phi) is 7.50. The van der Waals surface area contributed by atoms with E-state index >= 15 is 0 Å².